The molecule has 1 atom stereocenters. The first-order valence-electron chi connectivity index (χ1n) is 6.04. The highest BCUT2D eigenvalue weighted by molar-refractivity contribution is 5.25. The maximum atomic E-state index is 12.5. The lowest BCUT2D eigenvalue weighted by atomic mass is 10.0. The molecule has 2 rings (SSSR count). The van der Waals surface area contributed by atoms with Crippen LogP contribution in [0.2, 0.25) is 0 Å². The number of aryl methyl sites for hydroxylation is 1. The molecule has 0 radical (unpaired) electrons. The van der Waals surface area contributed by atoms with Crippen LogP contribution in [0.1, 0.15) is 17.5 Å². The van der Waals surface area contributed by atoms with Gasteiger partial charge in [-0.25, -0.2) is 0 Å². The van der Waals surface area contributed by atoms with Crippen LogP contribution in [0.5, 0.6) is 0 Å². The van der Waals surface area contributed by atoms with Crippen LogP contribution in [0.15, 0.2) is 24.3 Å². The minimum absolute atomic E-state index is 0.105. The summed E-state index contributed by atoms with van der Waals surface area (Å²) in [4.78, 5) is 0. The Morgan fingerprint density at radius 2 is 2.17 bits per heavy atom. The molecule has 100 valence electrons. The molecule has 18 heavy (non-hydrogen) atoms. The van der Waals surface area contributed by atoms with Gasteiger partial charge in [0.05, 0.1) is 18.3 Å². The van der Waals surface area contributed by atoms with E-state index >= 15 is 0 Å². The molecule has 1 N–H and O–H groups in total. The summed E-state index contributed by atoms with van der Waals surface area (Å²) in [5, 5.41) is 3.20. The zero-order valence-electron chi connectivity index (χ0n) is 9.96. The molecule has 2 nitrogen and oxygen atoms in total. The zero-order valence-corrected chi connectivity index (χ0v) is 9.96. The van der Waals surface area contributed by atoms with Gasteiger partial charge in [0.2, 0.25) is 0 Å². The second kappa shape index (κ2) is 5.71. The lowest BCUT2D eigenvalue weighted by Crippen LogP contribution is -2.38. The quantitative estimate of drug-likeness (QED) is 0.901. The first-order chi connectivity index (χ1) is 8.55. The molecule has 1 heterocycles. The molecule has 1 aromatic carbocycles. The normalized spacial score (nSPS) is 20.9. The Labute approximate surface area is 104 Å². The van der Waals surface area contributed by atoms with Gasteiger partial charge in [-0.1, -0.05) is 18.2 Å². The van der Waals surface area contributed by atoms with E-state index in [1.165, 1.54) is 12.1 Å². The van der Waals surface area contributed by atoms with E-state index in [2.05, 4.69) is 5.32 Å². The van der Waals surface area contributed by atoms with Crippen molar-refractivity contribution < 1.29 is 17.9 Å². The predicted molar refractivity (Wildman–Crippen MR) is 62.4 cm³/mol. The van der Waals surface area contributed by atoms with Crippen LogP contribution in [-0.2, 0) is 17.3 Å². The summed E-state index contributed by atoms with van der Waals surface area (Å²) in [5.41, 5.74) is 0.127. The Kier molecular flexibility index (Phi) is 4.24. The van der Waals surface area contributed by atoms with Crippen molar-refractivity contribution in [1.29, 1.82) is 0 Å². The Hall–Kier alpha value is -1.07. The van der Waals surface area contributed by atoms with Crippen molar-refractivity contribution in [3.05, 3.63) is 35.4 Å². The molecule has 0 spiro atoms. The Morgan fingerprint density at radius 3 is 2.83 bits per heavy atom. The molecule has 1 saturated heterocycles. The van der Waals surface area contributed by atoms with Crippen molar-refractivity contribution in [2.75, 3.05) is 19.7 Å². The number of hydrogen-bond donors (Lipinski definition) is 1. The molecular formula is C13H16F3NO. The van der Waals surface area contributed by atoms with Gasteiger partial charge in [0.25, 0.3) is 0 Å². The highest BCUT2D eigenvalue weighted by atomic mass is 19.4. The lowest BCUT2D eigenvalue weighted by molar-refractivity contribution is -0.137. The van der Waals surface area contributed by atoms with E-state index in [9.17, 15) is 13.2 Å². The Bertz CT molecular complexity index is 386. The highest BCUT2D eigenvalue weighted by Crippen LogP contribution is 2.29. The first-order valence-corrected chi connectivity index (χ1v) is 6.04. The molecule has 1 aliphatic rings. The summed E-state index contributed by atoms with van der Waals surface area (Å²) in [7, 11) is 0. The number of alkyl halides is 3. The van der Waals surface area contributed by atoms with Gasteiger partial charge >= 0.3 is 6.18 Å². The van der Waals surface area contributed by atoms with Gasteiger partial charge in [-0.2, -0.15) is 13.2 Å². The summed E-state index contributed by atoms with van der Waals surface area (Å²) in [5.74, 6) is 0. The number of benzene rings is 1. The van der Waals surface area contributed by atoms with Crippen LogP contribution in [0.4, 0.5) is 13.2 Å². The van der Waals surface area contributed by atoms with Gasteiger partial charge < -0.3 is 10.1 Å². The first kappa shape index (κ1) is 13.4. The second-order valence-corrected chi connectivity index (χ2v) is 4.43. The fraction of sp³-hybridized carbons (Fsp3) is 0.538. The molecule has 5 heteroatoms. The zero-order chi connectivity index (χ0) is 13.0. The smallest absolute Gasteiger partial charge is 0.376 e. The van der Waals surface area contributed by atoms with Crippen molar-refractivity contribution in [2.24, 2.45) is 0 Å². The minimum Gasteiger partial charge on any atom is -0.376 e. The molecule has 1 aromatic rings. The Balaban J connectivity index is 1.92. The maximum absolute atomic E-state index is 12.5. The summed E-state index contributed by atoms with van der Waals surface area (Å²) in [6, 6.07) is 5.50. The van der Waals surface area contributed by atoms with E-state index in [1.54, 1.807) is 6.07 Å². The van der Waals surface area contributed by atoms with E-state index < -0.39 is 11.7 Å². The van der Waals surface area contributed by atoms with Crippen LogP contribution in [0, 0.1) is 0 Å². The molecule has 0 aromatic heterocycles. The SMILES string of the molecule is FC(F)(F)c1cccc(CCC2CNCCO2)c1. The van der Waals surface area contributed by atoms with Crippen LogP contribution in [0.3, 0.4) is 0 Å². The number of halogens is 3. The minimum atomic E-state index is -4.26. The van der Waals surface area contributed by atoms with Crippen LogP contribution < -0.4 is 5.32 Å². The van der Waals surface area contributed by atoms with Crippen molar-refractivity contribution in [3.63, 3.8) is 0 Å². The summed E-state index contributed by atoms with van der Waals surface area (Å²) < 4.78 is 43.1. The van der Waals surface area contributed by atoms with Crippen molar-refractivity contribution in [1.82, 2.24) is 5.32 Å². The monoisotopic (exact) mass is 259 g/mol. The van der Waals surface area contributed by atoms with Gasteiger partial charge in [-0.05, 0) is 24.5 Å². The third-order valence-corrected chi connectivity index (χ3v) is 3.01. The fourth-order valence-electron chi connectivity index (χ4n) is 2.04. The number of morpholine rings is 1. The number of rotatable bonds is 3. The van der Waals surface area contributed by atoms with Gasteiger partial charge in [0, 0.05) is 13.1 Å². The summed E-state index contributed by atoms with van der Waals surface area (Å²) in [6.07, 6.45) is -2.81. The average Bonchev–Trinajstić information content (AvgIpc) is 2.37. The average molecular weight is 259 g/mol. The van der Waals surface area contributed by atoms with E-state index in [-0.39, 0.29) is 6.10 Å². The molecule has 1 aliphatic heterocycles. The third kappa shape index (κ3) is 3.71. The molecule has 0 bridgehead atoms. The molecule has 1 unspecified atom stereocenters. The number of ether oxygens (including phenoxy) is 1. The fourth-order valence-corrected chi connectivity index (χ4v) is 2.04. The van der Waals surface area contributed by atoms with Crippen LogP contribution in [-0.4, -0.2) is 25.8 Å². The van der Waals surface area contributed by atoms with E-state index in [0.717, 1.165) is 25.6 Å². The summed E-state index contributed by atoms with van der Waals surface area (Å²) in [6.45, 7) is 2.30. The Morgan fingerprint density at radius 1 is 1.33 bits per heavy atom. The molecule has 0 saturated carbocycles. The lowest BCUT2D eigenvalue weighted by Gasteiger charge is -2.23. The third-order valence-electron chi connectivity index (χ3n) is 3.01. The van der Waals surface area contributed by atoms with Crippen molar-refractivity contribution in [2.45, 2.75) is 25.1 Å². The number of nitrogens with one attached hydrogen (secondary N) is 1. The predicted octanol–water partition coefficient (Wildman–Crippen LogP) is 2.63. The largest absolute Gasteiger partial charge is 0.416 e. The van der Waals surface area contributed by atoms with Crippen molar-refractivity contribution >= 4 is 0 Å². The maximum Gasteiger partial charge on any atom is 0.416 e. The van der Waals surface area contributed by atoms with Crippen LogP contribution >= 0.6 is 0 Å². The van der Waals surface area contributed by atoms with Gasteiger partial charge in [-0.15, -0.1) is 0 Å². The van der Waals surface area contributed by atoms with E-state index in [4.69, 9.17) is 4.74 Å². The summed E-state index contributed by atoms with van der Waals surface area (Å²) >= 11 is 0. The standard InChI is InChI=1S/C13H16F3NO/c14-13(15,16)11-3-1-2-10(8-11)4-5-12-9-17-6-7-18-12/h1-3,8,12,17H,4-7,9H2. The van der Waals surface area contributed by atoms with Gasteiger partial charge in [0.15, 0.2) is 0 Å². The topological polar surface area (TPSA) is 21.3 Å². The van der Waals surface area contributed by atoms with Crippen molar-refractivity contribution in [3.8, 4) is 0 Å². The van der Waals surface area contributed by atoms with E-state index in [1.807, 2.05) is 0 Å². The van der Waals surface area contributed by atoms with E-state index in [0.29, 0.717) is 18.6 Å². The van der Waals surface area contributed by atoms with Gasteiger partial charge in [0.1, 0.15) is 0 Å². The number of hydrogen-bond acceptors (Lipinski definition) is 2. The molecule has 1 fully saturated rings. The molecule has 0 aliphatic carbocycles. The van der Waals surface area contributed by atoms with Crippen LogP contribution in [0.25, 0.3) is 0 Å². The molecular weight excluding hydrogens is 243 g/mol. The second-order valence-electron chi connectivity index (χ2n) is 4.43. The molecule has 0 amide bonds. The highest BCUT2D eigenvalue weighted by Gasteiger charge is 2.30. The van der Waals surface area contributed by atoms with Gasteiger partial charge in [-0.3, -0.25) is 0 Å².